The van der Waals surface area contributed by atoms with Crippen LogP contribution in [0.3, 0.4) is 0 Å². The van der Waals surface area contributed by atoms with Gasteiger partial charge in [0.15, 0.2) is 11.6 Å². The van der Waals surface area contributed by atoms with E-state index >= 15 is 0 Å². The molecule has 3 fully saturated rings. The number of piperazine rings is 1. The number of morpholine rings is 1. The molecule has 5 heterocycles. The lowest BCUT2D eigenvalue weighted by Crippen LogP contribution is -2.49. The van der Waals surface area contributed by atoms with Crippen molar-refractivity contribution < 1.29 is 18.7 Å². The van der Waals surface area contributed by atoms with Gasteiger partial charge < -0.3 is 9.47 Å². The summed E-state index contributed by atoms with van der Waals surface area (Å²) in [6, 6.07) is 12.8. The van der Waals surface area contributed by atoms with E-state index in [4.69, 9.17) is 14.5 Å². The Morgan fingerprint density at radius 1 is 0.889 bits per heavy atom. The van der Waals surface area contributed by atoms with E-state index in [1.165, 1.54) is 23.0 Å². The van der Waals surface area contributed by atoms with E-state index < -0.39 is 5.82 Å². The minimum Gasteiger partial charge on any atom is -0.453 e. The van der Waals surface area contributed by atoms with Crippen molar-refractivity contribution >= 4 is 27.3 Å². The van der Waals surface area contributed by atoms with Crippen LogP contribution >= 0.6 is 11.3 Å². The number of thiophene rings is 1. The van der Waals surface area contributed by atoms with Gasteiger partial charge in [-0.1, -0.05) is 12.1 Å². The second-order valence-corrected chi connectivity index (χ2v) is 13.5. The fraction of sp³-hybridized carbons (Fsp3) is 0.457. The highest BCUT2D eigenvalue weighted by Gasteiger charge is 2.24. The molecule has 0 bridgehead atoms. The van der Waals surface area contributed by atoms with Crippen LogP contribution in [0.4, 0.5) is 4.39 Å². The highest BCUT2D eigenvalue weighted by atomic mass is 32.1. The van der Waals surface area contributed by atoms with E-state index in [0.29, 0.717) is 23.7 Å². The third kappa shape index (κ3) is 7.93. The van der Waals surface area contributed by atoms with Crippen molar-refractivity contribution in [2.45, 2.75) is 32.2 Å². The molecule has 0 amide bonds. The summed E-state index contributed by atoms with van der Waals surface area (Å²) in [4.78, 5) is 30.1. The molecule has 4 aromatic rings. The van der Waals surface area contributed by atoms with Crippen molar-refractivity contribution in [3.63, 3.8) is 0 Å². The zero-order chi connectivity index (χ0) is 30.6. The molecule has 8 nitrogen and oxygen atoms in total. The molecule has 1 aromatic carbocycles. The number of carbonyl (C=O) groups excluding carboxylic acids is 1. The van der Waals surface area contributed by atoms with Crippen molar-refractivity contribution in [1.82, 2.24) is 24.7 Å². The van der Waals surface area contributed by atoms with E-state index in [-0.39, 0.29) is 18.0 Å². The van der Waals surface area contributed by atoms with E-state index in [1.54, 1.807) is 24.4 Å². The van der Waals surface area contributed by atoms with Crippen molar-refractivity contribution in [3.8, 4) is 22.1 Å². The van der Waals surface area contributed by atoms with Gasteiger partial charge in [0.1, 0.15) is 11.5 Å². The van der Waals surface area contributed by atoms with E-state index in [1.807, 2.05) is 12.3 Å². The van der Waals surface area contributed by atoms with Gasteiger partial charge in [0.25, 0.3) is 0 Å². The molecule has 1 aliphatic carbocycles. The molecule has 3 aliphatic rings. The molecule has 0 N–H and O–H groups in total. The Kier molecular flexibility index (Phi) is 9.46. The van der Waals surface area contributed by atoms with Crippen molar-refractivity contribution in [2.24, 2.45) is 5.92 Å². The van der Waals surface area contributed by atoms with E-state index in [0.717, 1.165) is 106 Å². The molecule has 1 saturated carbocycles. The highest BCUT2D eigenvalue weighted by molar-refractivity contribution is 7.22. The minimum absolute atomic E-state index is 0.135. The number of hydrogen-bond donors (Lipinski definition) is 0. The van der Waals surface area contributed by atoms with Crippen LogP contribution in [0.25, 0.3) is 20.8 Å². The normalized spacial score (nSPS) is 18.4. The quantitative estimate of drug-likeness (QED) is 0.199. The molecule has 45 heavy (non-hydrogen) atoms. The second kappa shape index (κ2) is 14.0. The van der Waals surface area contributed by atoms with Crippen LogP contribution in [-0.4, -0.2) is 96.0 Å². The summed E-state index contributed by atoms with van der Waals surface area (Å²) in [5.41, 5.74) is 3.55. The summed E-state index contributed by atoms with van der Waals surface area (Å²) in [7, 11) is 0. The van der Waals surface area contributed by atoms with Crippen LogP contribution in [0.5, 0.6) is 11.5 Å². The first-order chi connectivity index (χ1) is 22.1. The maximum absolute atomic E-state index is 15.0. The number of ether oxygens (including phenoxy) is 2. The predicted molar refractivity (Wildman–Crippen MR) is 174 cm³/mol. The van der Waals surface area contributed by atoms with Crippen LogP contribution in [0, 0.1) is 11.7 Å². The number of ketones is 1. The molecule has 2 aliphatic heterocycles. The standard InChI is InChI=1S/C35H40FN5O3S/c36-29-21-26(20-28(42)19-25-1-2-25)4-6-32(29)44-33-7-8-37-31-22-34(45-35(31)33)30-5-3-27(23-38-30)24-41-13-11-39(12-14-41)9-10-40-15-17-43-18-16-40/h3-8,21-23,25H,1-2,9-20,24H2. The molecule has 0 spiro atoms. The smallest absolute Gasteiger partial charge is 0.166 e. The lowest BCUT2D eigenvalue weighted by Gasteiger charge is -2.36. The molecule has 3 aromatic heterocycles. The predicted octanol–water partition coefficient (Wildman–Crippen LogP) is 5.65. The van der Waals surface area contributed by atoms with Gasteiger partial charge in [0, 0.05) is 90.2 Å². The minimum atomic E-state index is -0.472. The Morgan fingerprint density at radius 3 is 2.38 bits per heavy atom. The molecule has 0 unspecified atom stereocenters. The fourth-order valence-corrected chi connectivity index (χ4v) is 7.16. The van der Waals surface area contributed by atoms with Gasteiger partial charge in [-0.25, -0.2) is 4.39 Å². The molecule has 7 rings (SSSR count). The number of nitrogens with zero attached hydrogens (tertiary/aromatic N) is 5. The maximum Gasteiger partial charge on any atom is 0.166 e. The molecular formula is C35H40FN5O3S. The summed E-state index contributed by atoms with van der Waals surface area (Å²) in [6.07, 6.45) is 6.78. The van der Waals surface area contributed by atoms with Gasteiger partial charge in [0.05, 0.1) is 34.0 Å². The fourth-order valence-electron chi connectivity index (χ4n) is 6.12. The Hall–Kier alpha value is -3.28. The molecule has 0 radical (unpaired) electrons. The van der Waals surface area contributed by atoms with Gasteiger partial charge in [-0.15, -0.1) is 11.3 Å². The number of fused-ring (bicyclic) bond motifs is 1. The summed E-state index contributed by atoms with van der Waals surface area (Å²) in [6.45, 7) is 11.3. The number of carbonyl (C=O) groups is 1. The number of halogens is 1. The largest absolute Gasteiger partial charge is 0.453 e. The molecule has 0 atom stereocenters. The van der Waals surface area contributed by atoms with Crippen LogP contribution in [-0.2, 0) is 22.5 Å². The average Bonchev–Trinajstić information content (AvgIpc) is 3.76. The second-order valence-electron chi connectivity index (χ2n) is 12.5. The topological polar surface area (TPSA) is 71.0 Å². The summed E-state index contributed by atoms with van der Waals surface area (Å²) in [5, 5.41) is 0. The van der Waals surface area contributed by atoms with Gasteiger partial charge in [-0.3, -0.25) is 29.5 Å². The Morgan fingerprint density at radius 2 is 1.64 bits per heavy atom. The summed E-state index contributed by atoms with van der Waals surface area (Å²) in [5.74, 6) is 0.915. The molecule has 10 heteroatoms. The third-order valence-electron chi connectivity index (χ3n) is 8.99. The summed E-state index contributed by atoms with van der Waals surface area (Å²) < 4.78 is 27.3. The van der Waals surface area contributed by atoms with Gasteiger partial charge in [-0.2, -0.15) is 0 Å². The van der Waals surface area contributed by atoms with Crippen molar-refractivity contribution in [2.75, 3.05) is 65.6 Å². The molecular weight excluding hydrogens is 589 g/mol. The van der Waals surface area contributed by atoms with Crippen LogP contribution in [0.15, 0.2) is 54.9 Å². The monoisotopic (exact) mass is 629 g/mol. The van der Waals surface area contributed by atoms with Crippen molar-refractivity contribution in [1.29, 1.82) is 0 Å². The number of hydrogen-bond acceptors (Lipinski definition) is 9. The Bertz CT molecular complexity index is 1610. The number of Topliss-reactive ketones (excluding diaryl/α,β-unsaturated/α-hetero) is 1. The first-order valence-corrected chi connectivity index (χ1v) is 16.9. The number of aromatic nitrogens is 2. The number of rotatable bonds is 12. The first kappa shape index (κ1) is 30.4. The van der Waals surface area contributed by atoms with Crippen LogP contribution < -0.4 is 4.74 Å². The zero-order valence-corrected chi connectivity index (χ0v) is 26.4. The molecule has 236 valence electrons. The summed E-state index contributed by atoms with van der Waals surface area (Å²) >= 11 is 1.54. The van der Waals surface area contributed by atoms with Gasteiger partial charge in [-0.05, 0) is 54.2 Å². The average molecular weight is 630 g/mol. The number of pyridine rings is 2. The SMILES string of the molecule is O=C(Cc1ccc(Oc2ccnc3cc(-c4ccc(CN5CCN(CCN6CCOCC6)CC5)cn4)sc23)c(F)c1)CC1CC1. The highest BCUT2D eigenvalue weighted by Crippen LogP contribution is 2.39. The van der Waals surface area contributed by atoms with Crippen LogP contribution in [0.2, 0.25) is 0 Å². The lowest BCUT2D eigenvalue weighted by atomic mass is 10.0. The first-order valence-electron chi connectivity index (χ1n) is 16.1. The Balaban J connectivity index is 0.944. The van der Waals surface area contributed by atoms with Gasteiger partial charge in [0.2, 0.25) is 0 Å². The zero-order valence-electron chi connectivity index (χ0n) is 25.6. The maximum atomic E-state index is 15.0. The lowest BCUT2D eigenvalue weighted by molar-refractivity contribution is -0.118. The van der Waals surface area contributed by atoms with Gasteiger partial charge >= 0.3 is 0 Å². The number of benzene rings is 1. The van der Waals surface area contributed by atoms with Crippen molar-refractivity contribution in [3.05, 3.63) is 71.8 Å². The van der Waals surface area contributed by atoms with Crippen LogP contribution in [0.1, 0.15) is 30.4 Å². The van der Waals surface area contributed by atoms with E-state index in [9.17, 15) is 9.18 Å². The third-order valence-corrected chi connectivity index (χ3v) is 10.2. The molecule has 2 saturated heterocycles. The van der Waals surface area contributed by atoms with E-state index in [2.05, 4.69) is 31.8 Å². The Labute approximate surface area is 267 Å².